The normalized spacial score (nSPS) is 16.1. The van der Waals surface area contributed by atoms with E-state index in [1.165, 1.54) is 35.7 Å². The number of thiazole rings is 1. The first kappa shape index (κ1) is 25.4. The van der Waals surface area contributed by atoms with E-state index in [0.29, 0.717) is 28.8 Å². The molecule has 2 N–H and O–H groups in total. The van der Waals surface area contributed by atoms with Crippen molar-refractivity contribution in [2.75, 3.05) is 47.2 Å². The van der Waals surface area contributed by atoms with Gasteiger partial charge >= 0.3 is 0 Å². The Morgan fingerprint density at radius 2 is 1.86 bits per heavy atom. The van der Waals surface area contributed by atoms with Gasteiger partial charge < -0.3 is 15.1 Å². The summed E-state index contributed by atoms with van der Waals surface area (Å²) in [5.41, 5.74) is 1.38. The smallest absolute Gasteiger partial charge is 0.263 e. The van der Waals surface area contributed by atoms with E-state index in [9.17, 15) is 17.6 Å². The Balaban J connectivity index is 0.000000265. The van der Waals surface area contributed by atoms with Crippen molar-refractivity contribution in [3.63, 3.8) is 0 Å². The minimum Gasteiger partial charge on any atom is -0.367 e. The van der Waals surface area contributed by atoms with Gasteiger partial charge in [0.15, 0.2) is 5.13 Å². The number of rotatable bonds is 5. The number of amides is 1. The molecular weight excluding hydrogens is 513 g/mol. The summed E-state index contributed by atoms with van der Waals surface area (Å²) in [6.45, 7) is 4.18. The van der Waals surface area contributed by atoms with Crippen molar-refractivity contribution in [2.45, 2.75) is 17.7 Å². The number of carbonyl (C=O) groups excluding carboxylic acids is 1. The van der Waals surface area contributed by atoms with E-state index in [2.05, 4.69) is 15.0 Å². The number of nitrogens with one attached hydrogen (secondary N) is 2. The standard InChI is InChI=1S/C13H13N3O3S2.C10H12ClFN2.2H2/c17-12-2-1-8-16(12)10-3-5-11(6-4-10)21(18,19)15-13-14-7-9-20-13;11-8-1-2-10(9(12)7-8)14-5-3-13-4-6-14;;/h3-7,9H,1-2,8H2,(H,14,15);1-2,7,13H,3-6H2;2*1H. The molecule has 12 heteroatoms. The van der Waals surface area contributed by atoms with Gasteiger partial charge in [0.1, 0.15) is 5.82 Å². The lowest BCUT2D eigenvalue weighted by atomic mass is 10.2. The second kappa shape index (κ2) is 11.3. The molecule has 3 heterocycles. The van der Waals surface area contributed by atoms with E-state index in [4.69, 9.17) is 11.6 Å². The van der Waals surface area contributed by atoms with Crippen LogP contribution < -0.4 is 19.8 Å². The average Bonchev–Trinajstić information content (AvgIpc) is 3.51. The predicted octanol–water partition coefficient (Wildman–Crippen LogP) is 4.45. The second-order valence-electron chi connectivity index (χ2n) is 7.92. The molecule has 190 valence electrons. The van der Waals surface area contributed by atoms with Crippen LogP contribution in [0.15, 0.2) is 58.9 Å². The Morgan fingerprint density at radius 1 is 1.11 bits per heavy atom. The highest BCUT2D eigenvalue weighted by Gasteiger charge is 2.22. The van der Waals surface area contributed by atoms with Crippen LogP contribution in [0.3, 0.4) is 0 Å². The zero-order valence-electron chi connectivity index (χ0n) is 18.8. The van der Waals surface area contributed by atoms with E-state index in [0.717, 1.165) is 38.3 Å². The van der Waals surface area contributed by atoms with Crippen molar-refractivity contribution < 1.29 is 20.5 Å². The third-order valence-electron chi connectivity index (χ3n) is 5.55. The van der Waals surface area contributed by atoms with Crippen molar-refractivity contribution in [3.8, 4) is 0 Å². The number of halogens is 2. The lowest BCUT2D eigenvalue weighted by molar-refractivity contribution is -0.117. The molecule has 0 aliphatic carbocycles. The minimum atomic E-state index is -3.64. The van der Waals surface area contributed by atoms with Crippen LogP contribution in [0.4, 0.5) is 20.9 Å². The van der Waals surface area contributed by atoms with Crippen LogP contribution in [0.1, 0.15) is 15.7 Å². The lowest BCUT2D eigenvalue weighted by Crippen LogP contribution is -2.43. The Kier molecular flexibility index (Phi) is 8.22. The summed E-state index contributed by atoms with van der Waals surface area (Å²) >= 11 is 6.90. The number of hydrogen-bond donors (Lipinski definition) is 2. The fraction of sp³-hybridized carbons (Fsp3) is 0.304. The van der Waals surface area contributed by atoms with Gasteiger partial charge in [-0.15, -0.1) is 11.3 Å². The molecule has 35 heavy (non-hydrogen) atoms. The van der Waals surface area contributed by atoms with Crippen LogP contribution in [0, 0.1) is 5.82 Å². The second-order valence-corrected chi connectivity index (χ2v) is 10.9. The van der Waals surface area contributed by atoms with Crippen LogP contribution in [-0.4, -0.2) is 52.0 Å². The summed E-state index contributed by atoms with van der Waals surface area (Å²) in [5.74, 6) is -0.161. The molecule has 2 aromatic carbocycles. The minimum absolute atomic E-state index is 0. The van der Waals surface area contributed by atoms with Gasteiger partial charge in [-0.05, 0) is 48.9 Å². The number of nitrogens with zero attached hydrogens (tertiary/aromatic N) is 3. The highest BCUT2D eigenvalue weighted by molar-refractivity contribution is 7.93. The van der Waals surface area contributed by atoms with Gasteiger partial charge in [0, 0.05) is 64.3 Å². The van der Waals surface area contributed by atoms with Crippen molar-refractivity contribution in [1.29, 1.82) is 0 Å². The van der Waals surface area contributed by atoms with E-state index < -0.39 is 10.0 Å². The van der Waals surface area contributed by atoms with Crippen molar-refractivity contribution in [1.82, 2.24) is 10.3 Å². The first-order valence-electron chi connectivity index (χ1n) is 11.1. The molecule has 0 unspecified atom stereocenters. The maximum absolute atomic E-state index is 13.5. The number of hydrogen-bond acceptors (Lipinski definition) is 7. The molecule has 8 nitrogen and oxygen atoms in total. The molecule has 0 atom stereocenters. The molecule has 2 aliphatic rings. The summed E-state index contributed by atoms with van der Waals surface area (Å²) < 4.78 is 40.2. The summed E-state index contributed by atoms with van der Waals surface area (Å²) in [7, 11) is -3.64. The molecule has 2 saturated heterocycles. The number of benzene rings is 2. The maximum atomic E-state index is 13.5. The molecule has 2 aliphatic heterocycles. The zero-order chi connectivity index (χ0) is 24.8. The van der Waals surface area contributed by atoms with Crippen LogP contribution in [-0.2, 0) is 14.8 Å². The van der Waals surface area contributed by atoms with Gasteiger partial charge in [-0.1, -0.05) is 11.6 Å². The molecule has 2 fully saturated rings. The molecule has 5 rings (SSSR count). The monoisotopic (exact) mass is 541 g/mol. The fourth-order valence-electron chi connectivity index (χ4n) is 3.82. The molecule has 1 amide bonds. The Morgan fingerprint density at radius 3 is 2.46 bits per heavy atom. The predicted molar refractivity (Wildman–Crippen MR) is 142 cm³/mol. The van der Waals surface area contributed by atoms with Crippen molar-refractivity contribution in [3.05, 3.63) is 64.9 Å². The number of piperazine rings is 1. The maximum Gasteiger partial charge on any atom is 0.263 e. The van der Waals surface area contributed by atoms with Gasteiger partial charge in [-0.25, -0.2) is 17.8 Å². The van der Waals surface area contributed by atoms with Gasteiger partial charge in [-0.3, -0.25) is 9.52 Å². The summed E-state index contributed by atoms with van der Waals surface area (Å²) in [4.78, 5) is 19.4. The molecule has 0 saturated carbocycles. The van der Waals surface area contributed by atoms with E-state index in [1.807, 2.05) is 4.90 Å². The van der Waals surface area contributed by atoms with Crippen LogP contribution in [0.25, 0.3) is 0 Å². The van der Waals surface area contributed by atoms with Crippen LogP contribution in [0.5, 0.6) is 0 Å². The molecular formula is C23H29ClFN5O3S2. The molecule has 0 radical (unpaired) electrons. The fourth-order valence-corrected chi connectivity index (χ4v) is 5.77. The van der Waals surface area contributed by atoms with Gasteiger partial charge in [0.05, 0.1) is 10.6 Å². The van der Waals surface area contributed by atoms with E-state index in [-0.39, 0.29) is 19.5 Å². The SMILES string of the molecule is Fc1cc(Cl)ccc1N1CCNCC1.O=C1CCCN1c1ccc(S(=O)(=O)Nc2nccs2)cc1.[HH].[HH]. The highest BCUT2D eigenvalue weighted by atomic mass is 35.5. The van der Waals surface area contributed by atoms with E-state index in [1.54, 1.807) is 34.5 Å². The summed E-state index contributed by atoms with van der Waals surface area (Å²) in [6, 6.07) is 11.1. The third-order valence-corrected chi connectivity index (χ3v) is 7.96. The third kappa shape index (κ3) is 6.49. The van der Waals surface area contributed by atoms with Gasteiger partial charge in [-0.2, -0.15) is 0 Å². The van der Waals surface area contributed by atoms with Crippen LogP contribution >= 0.6 is 22.9 Å². The summed E-state index contributed by atoms with van der Waals surface area (Å²) in [6.07, 6.45) is 2.92. The first-order chi connectivity index (χ1) is 16.8. The Bertz CT molecular complexity index is 1260. The molecule has 0 bridgehead atoms. The highest BCUT2D eigenvalue weighted by Crippen LogP contribution is 2.25. The quantitative estimate of drug-likeness (QED) is 0.495. The topological polar surface area (TPSA) is 94.6 Å². The summed E-state index contributed by atoms with van der Waals surface area (Å²) in [5, 5.41) is 5.69. The number of sulfonamides is 1. The first-order valence-corrected chi connectivity index (χ1v) is 13.8. The van der Waals surface area contributed by atoms with Crippen molar-refractivity contribution >= 4 is 55.4 Å². The Hall–Kier alpha value is -2.73. The zero-order valence-corrected chi connectivity index (χ0v) is 21.2. The molecule has 3 aromatic rings. The molecule has 1 aromatic heterocycles. The van der Waals surface area contributed by atoms with Crippen LogP contribution in [0.2, 0.25) is 5.02 Å². The number of anilines is 3. The van der Waals surface area contributed by atoms with Gasteiger partial charge in [0.25, 0.3) is 10.0 Å². The van der Waals surface area contributed by atoms with E-state index >= 15 is 0 Å². The number of carbonyl (C=O) groups is 1. The number of aromatic nitrogens is 1. The Labute approximate surface area is 215 Å². The molecule has 0 spiro atoms. The van der Waals surface area contributed by atoms with Gasteiger partial charge in [0.2, 0.25) is 5.91 Å². The average molecular weight is 542 g/mol. The largest absolute Gasteiger partial charge is 0.367 e. The van der Waals surface area contributed by atoms with Crippen molar-refractivity contribution in [2.24, 2.45) is 0 Å². The lowest BCUT2D eigenvalue weighted by Gasteiger charge is -2.29.